The first kappa shape index (κ1) is 15.0. The molecule has 2 rings (SSSR count). The van der Waals surface area contributed by atoms with E-state index >= 15 is 0 Å². The standard InChI is InChI=1S/C17H20ClNO/c1-13(14-8-10-16(18)11-9-14)19-12-17(2,20)15-6-4-3-5-7-15/h3-11,13,19-20H,12H2,1-2H3/t13-,17?/m0/s1. The second kappa shape index (κ2) is 6.40. The van der Waals surface area contributed by atoms with Crippen LogP contribution in [-0.2, 0) is 5.60 Å². The van der Waals surface area contributed by atoms with Gasteiger partial charge in [0.05, 0.1) is 5.60 Å². The predicted molar refractivity (Wildman–Crippen MR) is 83.9 cm³/mol. The van der Waals surface area contributed by atoms with Gasteiger partial charge in [-0.15, -0.1) is 0 Å². The molecule has 1 unspecified atom stereocenters. The molecule has 0 aliphatic heterocycles. The van der Waals surface area contributed by atoms with Crippen LogP contribution in [0, 0.1) is 0 Å². The van der Waals surface area contributed by atoms with Gasteiger partial charge in [0.2, 0.25) is 0 Å². The molecule has 0 heterocycles. The highest BCUT2D eigenvalue weighted by atomic mass is 35.5. The van der Waals surface area contributed by atoms with Crippen LogP contribution in [0.2, 0.25) is 5.02 Å². The third-order valence-corrected chi connectivity index (χ3v) is 3.77. The predicted octanol–water partition coefficient (Wildman–Crippen LogP) is 3.90. The van der Waals surface area contributed by atoms with E-state index in [0.29, 0.717) is 6.54 Å². The molecule has 106 valence electrons. The Balaban J connectivity index is 1.99. The summed E-state index contributed by atoms with van der Waals surface area (Å²) in [7, 11) is 0. The van der Waals surface area contributed by atoms with Crippen molar-refractivity contribution in [3.8, 4) is 0 Å². The molecule has 0 aliphatic carbocycles. The third-order valence-electron chi connectivity index (χ3n) is 3.52. The molecule has 0 amide bonds. The van der Waals surface area contributed by atoms with Crippen molar-refractivity contribution in [1.82, 2.24) is 5.32 Å². The highest BCUT2D eigenvalue weighted by molar-refractivity contribution is 6.30. The Morgan fingerprint density at radius 2 is 1.70 bits per heavy atom. The Bertz CT molecular complexity index is 537. The van der Waals surface area contributed by atoms with Gasteiger partial charge >= 0.3 is 0 Å². The van der Waals surface area contributed by atoms with E-state index in [9.17, 15) is 5.11 Å². The second-order valence-electron chi connectivity index (χ2n) is 5.29. The van der Waals surface area contributed by atoms with E-state index in [0.717, 1.165) is 16.1 Å². The molecule has 0 saturated heterocycles. The summed E-state index contributed by atoms with van der Waals surface area (Å²) in [6.45, 7) is 4.38. The van der Waals surface area contributed by atoms with Gasteiger partial charge in [0.15, 0.2) is 0 Å². The van der Waals surface area contributed by atoms with Gasteiger partial charge in [-0.25, -0.2) is 0 Å². The van der Waals surface area contributed by atoms with Crippen molar-refractivity contribution in [2.75, 3.05) is 6.54 Å². The summed E-state index contributed by atoms with van der Waals surface area (Å²) in [5.74, 6) is 0. The fourth-order valence-corrected chi connectivity index (χ4v) is 2.25. The summed E-state index contributed by atoms with van der Waals surface area (Å²) in [6, 6.07) is 17.6. The number of halogens is 1. The molecular weight excluding hydrogens is 270 g/mol. The van der Waals surface area contributed by atoms with E-state index in [4.69, 9.17) is 11.6 Å². The normalized spacial score (nSPS) is 15.6. The molecule has 2 N–H and O–H groups in total. The monoisotopic (exact) mass is 289 g/mol. The summed E-state index contributed by atoms with van der Waals surface area (Å²) in [6.07, 6.45) is 0. The lowest BCUT2D eigenvalue weighted by Crippen LogP contribution is -2.36. The molecule has 0 radical (unpaired) electrons. The summed E-state index contributed by atoms with van der Waals surface area (Å²) in [5, 5.41) is 14.6. The van der Waals surface area contributed by atoms with E-state index in [1.165, 1.54) is 0 Å². The fourth-order valence-electron chi connectivity index (χ4n) is 2.12. The first-order valence-corrected chi connectivity index (χ1v) is 7.13. The van der Waals surface area contributed by atoms with E-state index < -0.39 is 5.60 Å². The first-order chi connectivity index (χ1) is 9.49. The molecule has 2 aromatic carbocycles. The van der Waals surface area contributed by atoms with Gasteiger partial charge in [-0.3, -0.25) is 0 Å². The minimum Gasteiger partial charge on any atom is -0.384 e. The number of benzene rings is 2. The maximum absolute atomic E-state index is 10.5. The second-order valence-corrected chi connectivity index (χ2v) is 5.73. The Morgan fingerprint density at radius 1 is 1.10 bits per heavy atom. The zero-order valence-electron chi connectivity index (χ0n) is 11.8. The van der Waals surface area contributed by atoms with Gasteiger partial charge in [-0.1, -0.05) is 54.1 Å². The molecular formula is C17H20ClNO. The molecule has 0 aromatic heterocycles. The summed E-state index contributed by atoms with van der Waals surface area (Å²) >= 11 is 5.89. The minimum absolute atomic E-state index is 0.155. The largest absolute Gasteiger partial charge is 0.384 e. The van der Waals surface area contributed by atoms with Crippen molar-refractivity contribution in [3.05, 3.63) is 70.7 Å². The van der Waals surface area contributed by atoms with Crippen molar-refractivity contribution in [2.45, 2.75) is 25.5 Å². The van der Waals surface area contributed by atoms with E-state index in [1.807, 2.05) is 61.5 Å². The zero-order valence-corrected chi connectivity index (χ0v) is 12.6. The van der Waals surface area contributed by atoms with Crippen molar-refractivity contribution in [2.24, 2.45) is 0 Å². The lowest BCUT2D eigenvalue weighted by Gasteiger charge is -2.26. The van der Waals surface area contributed by atoms with E-state index in [1.54, 1.807) is 0 Å². The molecule has 0 bridgehead atoms. The van der Waals surface area contributed by atoms with Gasteiger partial charge < -0.3 is 10.4 Å². The quantitative estimate of drug-likeness (QED) is 0.875. The molecule has 2 aromatic rings. The summed E-state index contributed by atoms with van der Waals surface area (Å²) < 4.78 is 0. The van der Waals surface area contributed by atoms with Crippen LogP contribution < -0.4 is 5.32 Å². The van der Waals surface area contributed by atoms with Crippen LogP contribution in [0.5, 0.6) is 0 Å². The van der Waals surface area contributed by atoms with Crippen LogP contribution in [0.15, 0.2) is 54.6 Å². The first-order valence-electron chi connectivity index (χ1n) is 6.76. The Kier molecular flexibility index (Phi) is 4.81. The smallest absolute Gasteiger partial charge is 0.0992 e. The van der Waals surface area contributed by atoms with Crippen LogP contribution >= 0.6 is 11.6 Å². The number of hydrogen-bond acceptors (Lipinski definition) is 2. The van der Waals surface area contributed by atoms with Crippen molar-refractivity contribution in [3.63, 3.8) is 0 Å². The van der Waals surface area contributed by atoms with E-state index in [-0.39, 0.29) is 6.04 Å². The number of hydrogen-bond donors (Lipinski definition) is 2. The van der Waals surface area contributed by atoms with Crippen molar-refractivity contribution >= 4 is 11.6 Å². The zero-order chi connectivity index (χ0) is 14.6. The molecule has 20 heavy (non-hydrogen) atoms. The number of nitrogens with one attached hydrogen (secondary N) is 1. The number of aliphatic hydroxyl groups is 1. The maximum atomic E-state index is 10.5. The van der Waals surface area contributed by atoms with Crippen LogP contribution in [0.1, 0.15) is 31.0 Å². The van der Waals surface area contributed by atoms with Gasteiger partial charge in [0.1, 0.15) is 0 Å². The van der Waals surface area contributed by atoms with Crippen LogP contribution in [-0.4, -0.2) is 11.7 Å². The lowest BCUT2D eigenvalue weighted by molar-refractivity contribution is 0.0543. The third kappa shape index (κ3) is 3.83. The highest BCUT2D eigenvalue weighted by Crippen LogP contribution is 2.21. The Labute approximate surface area is 125 Å². The summed E-state index contributed by atoms with van der Waals surface area (Å²) in [5.41, 5.74) is 1.18. The Morgan fingerprint density at radius 3 is 2.30 bits per heavy atom. The maximum Gasteiger partial charge on any atom is 0.0992 e. The minimum atomic E-state index is -0.887. The molecule has 0 spiro atoms. The SMILES string of the molecule is C[C@H](NCC(C)(O)c1ccccc1)c1ccc(Cl)cc1. The molecule has 2 atom stereocenters. The topological polar surface area (TPSA) is 32.3 Å². The van der Waals surface area contributed by atoms with E-state index in [2.05, 4.69) is 12.2 Å². The fraction of sp³-hybridized carbons (Fsp3) is 0.294. The van der Waals surface area contributed by atoms with Gasteiger partial charge in [-0.05, 0) is 37.1 Å². The van der Waals surface area contributed by atoms with Gasteiger partial charge in [0.25, 0.3) is 0 Å². The summed E-state index contributed by atoms with van der Waals surface area (Å²) in [4.78, 5) is 0. The molecule has 0 saturated carbocycles. The van der Waals surface area contributed by atoms with Crippen LogP contribution in [0.25, 0.3) is 0 Å². The van der Waals surface area contributed by atoms with Crippen molar-refractivity contribution in [1.29, 1.82) is 0 Å². The van der Waals surface area contributed by atoms with Crippen LogP contribution in [0.3, 0.4) is 0 Å². The highest BCUT2D eigenvalue weighted by Gasteiger charge is 2.23. The average Bonchev–Trinajstić information content (AvgIpc) is 2.46. The molecule has 0 aliphatic rings. The average molecular weight is 290 g/mol. The molecule has 3 heteroatoms. The van der Waals surface area contributed by atoms with Gasteiger partial charge in [-0.2, -0.15) is 0 Å². The number of rotatable bonds is 5. The lowest BCUT2D eigenvalue weighted by atomic mass is 9.95. The van der Waals surface area contributed by atoms with Gasteiger partial charge in [0, 0.05) is 17.6 Å². The van der Waals surface area contributed by atoms with Crippen molar-refractivity contribution < 1.29 is 5.11 Å². The Hall–Kier alpha value is -1.35. The van der Waals surface area contributed by atoms with Crippen LogP contribution in [0.4, 0.5) is 0 Å². The molecule has 0 fully saturated rings. The molecule has 2 nitrogen and oxygen atoms in total.